The lowest BCUT2D eigenvalue weighted by atomic mass is 10.1. The predicted octanol–water partition coefficient (Wildman–Crippen LogP) is 0.954. The van der Waals surface area contributed by atoms with E-state index in [-0.39, 0.29) is 23.8 Å². The lowest BCUT2D eigenvalue weighted by Crippen LogP contribution is -2.48. The second-order valence-corrected chi connectivity index (χ2v) is 4.60. The Morgan fingerprint density at radius 1 is 1.50 bits per heavy atom. The van der Waals surface area contributed by atoms with Crippen molar-refractivity contribution in [1.82, 2.24) is 10.2 Å². The minimum absolute atomic E-state index is 0.00801. The van der Waals surface area contributed by atoms with Crippen molar-refractivity contribution in [2.75, 3.05) is 13.6 Å². The second kappa shape index (κ2) is 5.99. The fraction of sp³-hybridized carbons (Fsp3) is 0.833. The number of nitrogens with zero attached hydrogens (tertiary/aromatic N) is 1. The van der Waals surface area contributed by atoms with Gasteiger partial charge in [-0.05, 0) is 39.8 Å². The van der Waals surface area contributed by atoms with Gasteiger partial charge < -0.3 is 5.32 Å². The van der Waals surface area contributed by atoms with Gasteiger partial charge >= 0.3 is 0 Å². The molecule has 0 spiro atoms. The van der Waals surface area contributed by atoms with Gasteiger partial charge in [0.05, 0.1) is 12.1 Å². The van der Waals surface area contributed by atoms with Crippen LogP contribution in [0.5, 0.6) is 0 Å². The van der Waals surface area contributed by atoms with Crippen LogP contribution in [0.2, 0.25) is 0 Å². The molecule has 92 valence electrons. The Bertz CT molecular complexity index is 266. The number of nitrogens with one attached hydrogen (secondary N) is 1. The summed E-state index contributed by atoms with van der Waals surface area (Å²) in [6, 6.07) is -0.342. The van der Waals surface area contributed by atoms with Crippen molar-refractivity contribution >= 4 is 11.7 Å². The number of amides is 1. The molecule has 0 saturated carbocycles. The summed E-state index contributed by atoms with van der Waals surface area (Å²) in [6.45, 7) is 4.53. The van der Waals surface area contributed by atoms with E-state index in [0.29, 0.717) is 0 Å². The van der Waals surface area contributed by atoms with Crippen LogP contribution in [0.3, 0.4) is 0 Å². The number of hydrogen-bond acceptors (Lipinski definition) is 3. The van der Waals surface area contributed by atoms with Crippen LogP contribution in [0, 0.1) is 0 Å². The summed E-state index contributed by atoms with van der Waals surface area (Å²) in [5, 5.41) is 2.86. The molecule has 2 unspecified atom stereocenters. The predicted molar refractivity (Wildman–Crippen MR) is 63.2 cm³/mol. The smallest absolute Gasteiger partial charge is 0.237 e. The van der Waals surface area contributed by atoms with Gasteiger partial charge in [-0.3, -0.25) is 14.5 Å². The zero-order valence-corrected chi connectivity index (χ0v) is 10.5. The van der Waals surface area contributed by atoms with Crippen LogP contribution < -0.4 is 5.32 Å². The summed E-state index contributed by atoms with van der Waals surface area (Å²) in [5.74, 6) is 0.0597. The van der Waals surface area contributed by atoms with Crippen LogP contribution in [0.25, 0.3) is 0 Å². The van der Waals surface area contributed by atoms with Gasteiger partial charge in [0.15, 0.2) is 5.78 Å². The van der Waals surface area contributed by atoms with Crippen LogP contribution in [-0.4, -0.2) is 42.3 Å². The topological polar surface area (TPSA) is 49.4 Å². The van der Waals surface area contributed by atoms with Crippen molar-refractivity contribution in [3.8, 4) is 0 Å². The highest BCUT2D eigenvalue weighted by atomic mass is 16.2. The zero-order chi connectivity index (χ0) is 12.1. The van der Waals surface area contributed by atoms with Gasteiger partial charge in [0.2, 0.25) is 5.91 Å². The third-order valence-corrected chi connectivity index (χ3v) is 3.21. The van der Waals surface area contributed by atoms with Crippen LogP contribution in [-0.2, 0) is 9.59 Å². The van der Waals surface area contributed by atoms with E-state index in [1.807, 2.05) is 14.0 Å². The van der Waals surface area contributed by atoms with Crippen LogP contribution in [0.4, 0.5) is 0 Å². The van der Waals surface area contributed by atoms with Crippen molar-refractivity contribution in [2.24, 2.45) is 0 Å². The molecule has 1 heterocycles. The molecule has 16 heavy (non-hydrogen) atoms. The first-order valence-electron chi connectivity index (χ1n) is 6.07. The molecule has 4 nitrogen and oxygen atoms in total. The Hall–Kier alpha value is -0.900. The lowest BCUT2D eigenvalue weighted by Gasteiger charge is -2.22. The van der Waals surface area contributed by atoms with Crippen LogP contribution >= 0.6 is 0 Å². The van der Waals surface area contributed by atoms with Crippen molar-refractivity contribution < 1.29 is 9.59 Å². The molecule has 0 aromatic heterocycles. The van der Waals surface area contributed by atoms with Crippen molar-refractivity contribution in [2.45, 2.75) is 51.6 Å². The number of rotatable bonds is 5. The number of carbonyl (C=O) groups is 2. The number of likely N-dealkylation sites (N-methyl/N-ethyl adjacent to an activating group) is 1. The molecule has 1 N–H and O–H groups in total. The molecule has 2 atom stereocenters. The van der Waals surface area contributed by atoms with Crippen molar-refractivity contribution in [3.63, 3.8) is 0 Å². The van der Waals surface area contributed by atoms with Gasteiger partial charge in [0, 0.05) is 0 Å². The van der Waals surface area contributed by atoms with Gasteiger partial charge in [-0.2, -0.15) is 0 Å². The Morgan fingerprint density at radius 2 is 2.19 bits per heavy atom. The molecule has 0 aromatic rings. The first-order chi connectivity index (χ1) is 7.56. The molecule has 4 heteroatoms. The second-order valence-electron chi connectivity index (χ2n) is 4.60. The van der Waals surface area contributed by atoms with Crippen molar-refractivity contribution in [1.29, 1.82) is 0 Å². The molecule has 0 bridgehead atoms. The largest absolute Gasteiger partial charge is 0.345 e. The normalized spacial score (nSPS) is 23.1. The molecular weight excluding hydrogens is 204 g/mol. The number of likely N-dealkylation sites (tertiary alicyclic amines) is 1. The Balaban J connectivity index is 2.50. The molecule has 0 aromatic carbocycles. The summed E-state index contributed by atoms with van der Waals surface area (Å²) in [7, 11) is 1.96. The average molecular weight is 226 g/mol. The van der Waals surface area contributed by atoms with Crippen molar-refractivity contribution in [3.05, 3.63) is 0 Å². The van der Waals surface area contributed by atoms with E-state index in [1.54, 1.807) is 6.92 Å². The molecule has 1 amide bonds. The van der Waals surface area contributed by atoms with Crippen LogP contribution in [0.15, 0.2) is 0 Å². The Labute approximate surface area is 97.4 Å². The fourth-order valence-electron chi connectivity index (χ4n) is 2.18. The summed E-state index contributed by atoms with van der Waals surface area (Å²) in [6.07, 6.45) is 3.61. The zero-order valence-electron chi connectivity index (χ0n) is 10.5. The Morgan fingerprint density at radius 3 is 2.62 bits per heavy atom. The SMILES string of the molecule is CCCC(NC(=O)C1CCCN1C)C(C)=O. The summed E-state index contributed by atoms with van der Waals surface area (Å²) >= 11 is 0. The van der Waals surface area contributed by atoms with Gasteiger partial charge in [-0.15, -0.1) is 0 Å². The number of Topliss-reactive ketones (excluding diaryl/α,β-unsaturated/α-hetero) is 1. The molecule has 1 aliphatic heterocycles. The summed E-state index contributed by atoms with van der Waals surface area (Å²) in [4.78, 5) is 25.3. The first-order valence-corrected chi connectivity index (χ1v) is 6.07. The summed E-state index contributed by atoms with van der Waals surface area (Å²) < 4.78 is 0. The quantitative estimate of drug-likeness (QED) is 0.759. The monoisotopic (exact) mass is 226 g/mol. The standard InChI is InChI=1S/C12H22N2O2/c1-4-6-10(9(2)15)13-12(16)11-7-5-8-14(11)3/h10-11H,4-8H2,1-3H3,(H,13,16). The van der Waals surface area contributed by atoms with E-state index in [0.717, 1.165) is 32.2 Å². The average Bonchev–Trinajstić information content (AvgIpc) is 2.63. The molecule has 1 fully saturated rings. The molecule has 0 aliphatic carbocycles. The Kier molecular flexibility index (Phi) is 4.93. The molecular formula is C12H22N2O2. The van der Waals surface area contributed by atoms with E-state index in [9.17, 15) is 9.59 Å². The van der Waals surface area contributed by atoms with Gasteiger partial charge in [-0.25, -0.2) is 0 Å². The van der Waals surface area contributed by atoms with E-state index in [4.69, 9.17) is 0 Å². The van der Waals surface area contributed by atoms with Crippen LogP contribution in [0.1, 0.15) is 39.5 Å². The maximum Gasteiger partial charge on any atom is 0.237 e. The van der Waals surface area contributed by atoms with Gasteiger partial charge in [0.25, 0.3) is 0 Å². The fourth-order valence-corrected chi connectivity index (χ4v) is 2.18. The maximum absolute atomic E-state index is 11.9. The molecule has 1 saturated heterocycles. The van der Waals surface area contributed by atoms with E-state index < -0.39 is 0 Å². The first kappa shape index (κ1) is 13.2. The number of carbonyl (C=O) groups excluding carboxylic acids is 2. The molecule has 0 radical (unpaired) electrons. The number of ketones is 1. The molecule has 1 rings (SSSR count). The summed E-state index contributed by atoms with van der Waals surface area (Å²) in [5.41, 5.74) is 0. The number of hydrogen-bond donors (Lipinski definition) is 1. The highest BCUT2D eigenvalue weighted by Crippen LogP contribution is 2.15. The third-order valence-electron chi connectivity index (χ3n) is 3.21. The van der Waals surface area contributed by atoms with Gasteiger partial charge in [-0.1, -0.05) is 13.3 Å². The minimum Gasteiger partial charge on any atom is -0.345 e. The van der Waals surface area contributed by atoms with Gasteiger partial charge in [0.1, 0.15) is 0 Å². The van der Waals surface area contributed by atoms with E-state index in [1.165, 1.54) is 0 Å². The lowest BCUT2D eigenvalue weighted by molar-refractivity contribution is -0.129. The highest BCUT2D eigenvalue weighted by Gasteiger charge is 2.29. The van der Waals surface area contributed by atoms with E-state index >= 15 is 0 Å². The third kappa shape index (κ3) is 3.30. The minimum atomic E-state index is -0.300. The molecule has 1 aliphatic rings. The highest BCUT2D eigenvalue weighted by molar-refractivity contribution is 5.89. The van der Waals surface area contributed by atoms with E-state index in [2.05, 4.69) is 10.2 Å². The maximum atomic E-state index is 11.9.